The predicted octanol–water partition coefficient (Wildman–Crippen LogP) is 1.30. The van der Waals surface area contributed by atoms with Gasteiger partial charge in [-0.15, -0.1) is 0 Å². The zero-order valence-electron chi connectivity index (χ0n) is 12.6. The number of anilines is 1. The molecule has 3 heterocycles. The van der Waals surface area contributed by atoms with Gasteiger partial charge in [-0.05, 0) is 32.0 Å². The molecular weight excluding hydrogens is 284 g/mol. The van der Waals surface area contributed by atoms with Crippen molar-refractivity contribution in [1.82, 2.24) is 4.90 Å². The van der Waals surface area contributed by atoms with E-state index in [1.807, 2.05) is 26.0 Å². The van der Waals surface area contributed by atoms with Gasteiger partial charge >= 0.3 is 6.03 Å². The van der Waals surface area contributed by atoms with Gasteiger partial charge in [0.05, 0.1) is 11.8 Å². The van der Waals surface area contributed by atoms with Crippen molar-refractivity contribution in [2.75, 3.05) is 11.4 Å². The number of hydrogen-bond acceptors (Lipinski definition) is 4. The summed E-state index contributed by atoms with van der Waals surface area (Å²) in [7, 11) is 0. The van der Waals surface area contributed by atoms with E-state index in [9.17, 15) is 14.7 Å². The Hall–Kier alpha value is -2.08. The Kier molecular flexibility index (Phi) is 2.61. The summed E-state index contributed by atoms with van der Waals surface area (Å²) >= 11 is 0. The van der Waals surface area contributed by atoms with E-state index in [1.165, 1.54) is 9.80 Å². The summed E-state index contributed by atoms with van der Waals surface area (Å²) in [5.41, 5.74) is 1.33. The highest BCUT2D eigenvalue weighted by molar-refractivity contribution is 6.21. The van der Waals surface area contributed by atoms with Crippen molar-refractivity contribution in [3.05, 3.63) is 23.8 Å². The van der Waals surface area contributed by atoms with Crippen LogP contribution in [-0.4, -0.2) is 46.2 Å². The maximum Gasteiger partial charge on any atom is 0.332 e. The molecule has 22 heavy (non-hydrogen) atoms. The number of carbonyl (C=O) groups excluding carboxylic acids is 2. The predicted molar refractivity (Wildman–Crippen MR) is 78.9 cm³/mol. The van der Waals surface area contributed by atoms with Crippen molar-refractivity contribution in [2.45, 2.75) is 44.4 Å². The second kappa shape index (κ2) is 4.23. The van der Waals surface area contributed by atoms with Crippen LogP contribution in [0.3, 0.4) is 0 Å². The zero-order valence-corrected chi connectivity index (χ0v) is 12.6. The molecule has 1 N–H and O–H groups in total. The summed E-state index contributed by atoms with van der Waals surface area (Å²) in [5.74, 6) is 0.559. The molecule has 6 nitrogen and oxygen atoms in total. The van der Waals surface area contributed by atoms with Crippen LogP contribution in [0.1, 0.15) is 25.8 Å². The van der Waals surface area contributed by atoms with Gasteiger partial charge in [0.2, 0.25) is 0 Å². The first-order valence-corrected chi connectivity index (χ1v) is 7.50. The number of amides is 3. The summed E-state index contributed by atoms with van der Waals surface area (Å²) in [6.07, 6.45) is 0.467. The standard InChI is InChI=1S/C16H18N2O4/c1-16(2)7-9-5-10(3-4-13(9)22-16)18-14(20)12-6-11(19)8-17(12)15(18)21/h3-5,11-12,19H,6-8H2,1-2H3/t11-,12+/m1/s1. The van der Waals surface area contributed by atoms with Crippen molar-refractivity contribution < 1.29 is 19.4 Å². The lowest BCUT2D eigenvalue weighted by atomic mass is 10.0. The minimum Gasteiger partial charge on any atom is -0.487 e. The van der Waals surface area contributed by atoms with Crippen LogP contribution in [-0.2, 0) is 11.2 Å². The average Bonchev–Trinajstić information content (AvgIpc) is 3.02. The molecule has 0 unspecified atom stereocenters. The Labute approximate surface area is 128 Å². The van der Waals surface area contributed by atoms with E-state index < -0.39 is 12.1 Å². The number of aliphatic hydroxyl groups excluding tert-OH is 1. The quantitative estimate of drug-likeness (QED) is 0.794. The molecule has 3 aliphatic rings. The number of urea groups is 1. The number of ether oxygens (including phenoxy) is 1. The van der Waals surface area contributed by atoms with E-state index in [0.29, 0.717) is 12.1 Å². The van der Waals surface area contributed by atoms with Gasteiger partial charge in [-0.25, -0.2) is 9.69 Å². The molecule has 0 radical (unpaired) electrons. The highest BCUT2D eigenvalue weighted by Crippen LogP contribution is 2.39. The molecule has 6 heteroatoms. The van der Waals surface area contributed by atoms with Crippen LogP contribution in [0.5, 0.6) is 5.75 Å². The Morgan fingerprint density at radius 2 is 2.09 bits per heavy atom. The monoisotopic (exact) mass is 302 g/mol. The Balaban J connectivity index is 1.67. The van der Waals surface area contributed by atoms with Crippen LogP contribution in [0.4, 0.5) is 10.5 Å². The molecule has 0 bridgehead atoms. The van der Waals surface area contributed by atoms with Crippen LogP contribution in [0.2, 0.25) is 0 Å². The van der Waals surface area contributed by atoms with Gasteiger partial charge in [0, 0.05) is 24.9 Å². The number of aliphatic hydroxyl groups is 1. The number of hydrogen-bond donors (Lipinski definition) is 1. The van der Waals surface area contributed by atoms with E-state index in [1.54, 1.807) is 6.07 Å². The number of fused-ring (bicyclic) bond motifs is 2. The molecule has 0 saturated carbocycles. The third-order valence-electron chi connectivity index (χ3n) is 4.53. The average molecular weight is 302 g/mol. The van der Waals surface area contributed by atoms with E-state index in [2.05, 4.69) is 0 Å². The molecule has 116 valence electrons. The second-order valence-electron chi connectivity index (χ2n) is 6.84. The second-order valence-corrected chi connectivity index (χ2v) is 6.84. The molecule has 1 aromatic carbocycles. The number of nitrogens with zero attached hydrogens (tertiary/aromatic N) is 2. The third-order valence-corrected chi connectivity index (χ3v) is 4.53. The number of rotatable bonds is 1. The molecule has 4 rings (SSSR count). The van der Waals surface area contributed by atoms with Gasteiger partial charge in [-0.3, -0.25) is 4.79 Å². The molecule has 2 fully saturated rings. The fourth-order valence-corrected chi connectivity index (χ4v) is 3.60. The van der Waals surface area contributed by atoms with Gasteiger partial charge in [-0.1, -0.05) is 0 Å². The molecule has 0 spiro atoms. The van der Waals surface area contributed by atoms with Gasteiger partial charge in [0.25, 0.3) is 5.91 Å². The number of imide groups is 1. The maximum absolute atomic E-state index is 12.5. The summed E-state index contributed by atoms with van der Waals surface area (Å²) in [6, 6.07) is 4.55. The molecule has 2 atom stereocenters. The van der Waals surface area contributed by atoms with Gasteiger partial charge in [-0.2, -0.15) is 0 Å². The first-order chi connectivity index (χ1) is 10.4. The Morgan fingerprint density at radius 3 is 2.82 bits per heavy atom. The fourth-order valence-electron chi connectivity index (χ4n) is 3.60. The summed E-state index contributed by atoms with van der Waals surface area (Å²) in [4.78, 5) is 27.6. The molecule has 3 aliphatic heterocycles. The summed E-state index contributed by atoms with van der Waals surface area (Å²) in [5, 5.41) is 9.63. The minimum atomic E-state index is -0.603. The Bertz CT molecular complexity index is 661. The van der Waals surface area contributed by atoms with Crippen molar-refractivity contribution >= 4 is 17.6 Å². The lowest BCUT2D eigenvalue weighted by Crippen LogP contribution is -2.35. The SMILES string of the molecule is CC1(C)Cc2cc(N3C(=O)[C@@H]4C[C@@H](O)CN4C3=O)ccc2O1. The van der Waals surface area contributed by atoms with Crippen molar-refractivity contribution in [3.8, 4) is 5.75 Å². The van der Waals surface area contributed by atoms with E-state index in [-0.39, 0.29) is 24.1 Å². The van der Waals surface area contributed by atoms with Gasteiger partial charge in [0.15, 0.2) is 0 Å². The zero-order chi connectivity index (χ0) is 15.6. The largest absolute Gasteiger partial charge is 0.487 e. The lowest BCUT2D eigenvalue weighted by molar-refractivity contribution is -0.119. The molecule has 0 aromatic heterocycles. The van der Waals surface area contributed by atoms with E-state index in [0.717, 1.165) is 17.7 Å². The van der Waals surface area contributed by atoms with Crippen molar-refractivity contribution in [2.24, 2.45) is 0 Å². The first-order valence-electron chi connectivity index (χ1n) is 7.50. The maximum atomic E-state index is 12.5. The van der Waals surface area contributed by atoms with E-state index >= 15 is 0 Å². The van der Waals surface area contributed by atoms with Crippen molar-refractivity contribution in [3.63, 3.8) is 0 Å². The lowest BCUT2D eigenvalue weighted by Gasteiger charge is -2.17. The first kappa shape index (κ1) is 13.6. The molecular formula is C16H18N2O4. The topological polar surface area (TPSA) is 70.1 Å². The van der Waals surface area contributed by atoms with Crippen LogP contribution < -0.4 is 9.64 Å². The van der Waals surface area contributed by atoms with Crippen LogP contribution >= 0.6 is 0 Å². The summed E-state index contributed by atoms with van der Waals surface area (Å²) in [6.45, 7) is 4.25. The molecule has 1 aromatic rings. The highest BCUT2D eigenvalue weighted by Gasteiger charge is 2.51. The highest BCUT2D eigenvalue weighted by atomic mass is 16.5. The smallest absolute Gasteiger partial charge is 0.332 e. The van der Waals surface area contributed by atoms with Gasteiger partial charge < -0.3 is 14.7 Å². The summed E-state index contributed by atoms with van der Waals surface area (Å²) < 4.78 is 5.82. The number of benzene rings is 1. The molecule has 3 amide bonds. The Morgan fingerprint density at radius 1 is 1.32 bits per heavy atom. The van der Waals surface area contributed by atoms with E-state index in [4.69, 9.17) is 4.74 Å². The molecule has 2 saturated heterocycles. The fraction of sp³-hybridized carbons (Fsp3) is 0.500. The van der Waals surface area contributed by atoms with Gasteiger partial charge in [0.1, 0.15) is 17.4 Å². The molecule has 0 aliphatic carbocycles. The minimum absolute atomic E-state index is 0.229. The van der Waals surface area contributed by atoms with Crippen LogP contribution in [0.15, 0.2) is 18.2 Å². The van der Waals surface area contributed by atoms with Crippen LogP contribution in [0.25, 0.3) is 0 Å². The third kappa shape index (κ3) is 1.83. The van der Waals surface area contributed by atoms with Crippen LogP contribution in [0, 0.1) is 0 Å². The van der Waals surface area contributed by atoms with Crippen molar-refractivity contribution in [1.29, 1.82) is 0 Å². The normalized spacial score (nSPS) is 28.9. The number of carbonyl (C=O) groups is 2.